The summed E-state index contributed by atoms with van der Waals surface area (Å²) in [7, 11) is 0. The lowest BCUT2D eigenvalue weighted by Gasteiger charge is -2.15. The summed E-state index contributed by atoms with van der Waals surface area (Å²) in [6, 6.07) is 11.5. The second-order valence-corrected chi connectivity index (χ2v) is 5.19. The number of hydrogen-bond acceptors (Lipinski definition) is 3. The van der Waals surface area contributed by atoms with E-state index in [1.54, 1.807) is 0 Å². The number of fused-ring (bicyclic) bond motifs is 1. The van der Waals surface area contributed by atoms with Crippen molar-refractivity contribution in [3.05, 3.63) is 70.3 Å². The summed E-state index contributed by atoms with van der Waals surface area (Å²) in [5.74, 6) is -1.97. The van der Waals surface area contributed by atoms with Crippen molar-refractivity contribution >= 4 is 17.8 Å². The van der Waals surface area contributed by atoms with Crippen molar-refractivity contribution < 1.29 is 19.5 Å². The second kappa shape index (κ2) is 5.11. The van der Waals surface area contributed by atoms with Gasteiger partial charge in [0.2, 0.25) is 0 Å². The van der Waals surface area contributed by atoms with Crippen LogP contribution in [-0.2, 0) is 6.54 Å². The maximum atomic E-state index is 12.4. The molecule has 22 heavy (non-hydrogen) atoms. The Morgan fingerprint density at radius 3 is 2.41 bits per heavy atom. The number of carbonyl (C=O) groups excluding carboxylic acids is 2. The number of carboxylic acid groups (broad SMARTS) is 1. The summed E-state index contributed by atoms with van der Waals surface area (Å²) >= 11 is 0. The Morgan fingerprint density at radius 2 is 1.73 bits per heavy atom. The van der Waals surface area contributed by atoms with Crippen molar-refractivity contribution in [2.45, 2.75) is 13.5 Å². The fraction of sp³-hybridized carbons (Fsp3) is 0.118. The zero-order valence-corrected chi connectivity index (χ0v) is 11.9. The van der Waals surface area contributed by atoms with E-state index in [1.807, 2.05) is 31.2 Å². The van der Waals surface area contributed by atoms with Gasteiger partial charge in [0.05, 0.1) is 23.2 Å². The number of amides is 2. The predicted molar refractivity (Wildman–Crippen MR) is 78.8 cm³/mol. The van der Waals surface area contributed by atoms with E-state index in [4.69, 9.17) is 5.11 Å². The molecule has 1 heterocycles. The van der Waals surface area contributed by atoms with Crippen LogP contribution in [0.2, 0.25) is 0 Å². The molecule has 5 nitrogen and oxygen atoms in total. The molecule has 3 rings (SSSR count). The number of hydrogen-bond donors (Lipinski definition) is 1. The number of aryl methyl sites for hydroxylation is 1. The SMILES string of the molecule is Cc1ccccc1CN1C(=O)c2ccc(C(=O)O)cc2C1=O. The molecule has 0 aromatic heterocycles. The molecule has 0 aliphatic carbocycles. The van der Waals surface area contributed by atoms with Gasteiger partial charge in [0.1, 0.15) is 0 Å². The van der Waals surface area contributed by atoms with Gasteiger partial charge in [-0.3, -0.25) is 14.5 Å². The zero-order chi connectivity index (χ0) is 15.9. The van der Waals surface area contributed by atoms with Crippen molar-refractivity contribution in [3.63, 3.8) is 0 Å². The van der Waals surface area contributed by atoms with Crippen LogP contribution >= 0.6 is 0 Å². The van der Waals surface area contributed by atoms with E-state index in [-0.39, 0.29) is 29.1 Å². The summed E-state index contributed by atoms with van der Waals surface area (Å²) in [6.45, 7) is 2.09. The van der Waals surface area contributed by atoms with Gasteiger partial charge in [-0.25, -0.2) is 4.79 Å². The van der Waals surface area contributed by atoms with E-state index in [0.717, 1.165) is 16.0 Å². The molecule has 0 unspecified atom stereocenters. The first kappa shape index (κ1) is 14.0. The highest BCUT2D eigenvalue weighted by Gasteiger charge is 2.36. The fourth-order valence-corrected chi connectivity index (χ4v) is 2.53. The molecule has 1 aliphatic rings. The second-order valence-electron chi connectivity index (χ2n) is 5.19. The summed E-state index contributed by atoms with van der Waals surface area (Å²) in [6.07, 6.45) is 0. The number of carboxylic acids is 1. The predicted octanol–water partition coefficient (Wildman–Crippen LogP) is 2.49. The van der Waals surface area contributed by atoms with Gasteiger partial charge in [-0.05, 0) is 36.2 Å². The number of aromatic carboxylic acids is 1. The van der Waals surface area contributed by atoms with Gasteiger partial charge < -0.3 is 5.11 Å². The van der Waals surface area contributed by atoms with Crippen molar-refractivity contribution in [1.82, 2.24) is 4.90 Å². The molecule has 0 spiro atoms. The molecule has 1 N–H and O–H groups in total. The molecule has 0 saturated carbocycles. The van der Waals surface area contributed by atoms with Crippen molar-refractivity contribution in [2.75, 3.05) is 0 Å². The first-order valence-corrected chi connectivity index (χ1v) is 6.77. The molecule has 2 amide bonds. The van der Waals surface area contributed by atoms with Gasteiger partial charge >= 0.3 is 5.97 Å². The van der Waals surface area contributed by atoms with Crippen LogP contribution in [0.1, 0.15) is 42.2 Å². The van der Waals surface area contributed by atoms with Gasteiger partial charge in [0, 0.05) is 0 Å². The maximum absolute atomic E-state index is 12.4. The topological polar surface area (TPSA) is 74.7 Å². The van der Waals surface area contributed by atoms with E-state index in [2.05, 4.69) is 0 Å². The van der Waals surface area contributed by atoms with E-state index in [1.165, 1.54) is 18.2 Å². The molecule has 1 aliphatic heterocycles. The fourth-order valence-electron chi connectivity index (χ4n) is 2.53. The largest absolute Gasteiger partial charge is 0.478 e. The third kappa shape index (κ3) is 2.16. The number of benzene rings is 2. The Labute approximate surface area is 126 Å². The van der Waals surface area contributed by atoms with Crippen LogP contribution in [0, 0.1) is 6.92 Å². The minimum atomic E-state index is -1.12. The van der Waals surface area contributed by atoms with Crippen LogP contribution < -0.4 is 0 Å². The highest BCUT2D eigenvalue weighted by atomic mass is 16.4. The minimum Gasteiger partial charge on any atom is -0.478 e. The monoisotopic (exact) mass is 295 g/mol. The van der Waals surface area contributed by atoms with Gasteiger partial charge in [-0.15, -0.1) is 0 Å². The molecule has 2 aromatic carbocycles. The summed E-state index contributed by atoms with van der Waals surface area (Å²) < 4.78 is 0. The smallest absolute Gasteiger partial charge is 0.335 e. The molecule has 2 aromatic rings. The summed E-state index contributed by atoms with van der Waals surface area (Å²) in [5.41, 5.74) is 2.28. The normalized spacial score (nSPS) is 13.4. The van der Waals surface area contributed by atoms with Crippen molar-refractivity contribution in [3.8, 4) is 0 Å². The molecule has 0 radical (unpaired) electrons. The van der Waals surface area contributed by atoms with Crippen molar-refractivity contribution in [2.24, 2.45) is 0 Å². The van der Waals surface area contributed by atoms with Crippen LogP contribution in [0.3, 0.4) is 0 Å². The quantitative estimate of drug-likeness (QED) is 0.883. The zero-order valence-electron chi connectivity index (χ0n) is 11.9. The Balaban J connectivity index is 1.96. The van der Waals surface area contributed by atoms with Gasteiger partial charge in [-0.1, -0.05) is 24.3 Å². The van der Waals surface area contributed by atoms with Crippen molar-refractivity contribution in [1.29, 1.82) is 0 Å². The summed E-state index contributed by atoms with van der Waals surface area (Å²) in [5, 5.41) is 9.00. The van der Waals surface area contributed by atoms with Gasteiger partial charge in [0.15, 0.2) is 0 Å². The minimum absolute atomic E-state index is 0.00218. The average Bonchev–Trinajstić information content (AvgIpc) is 2.74. The van der Waals surface area contributed by atoms with E-state index in [9.17, 15) is 14.4 Å². The first-order valence-electron chi connectivity index (χ1n) is 6.77. The van der Waals surface area contributed by atoms with Crippen LogP contribution in [0.5, 0.6) is 0 Å². The molecular formula is C17H13NO4. The van der Waals surface area contributed by atoms with E-state index >= 15 is 0 Å². The number of nitrogens with zero attached hydrogens (tertiary/aromatic N) is 1. The third-order valence-corrected chi connectivity index (χ3v) is 3.81. The van der Waals surface area contributed by atoms with E-state index < -0.39 is 11.9 Å². The molecule has 0 fully saturated rings. The Kier molecular flexibility index (Phi) is 3.25. The Hall–Kier alpha value is -2.95. The number of imide groups is 1. The van der Waals surface area contributed by atoms with Gasteiger partial charge in [0.25, 0.3) is 11.8 Å². The Morgan fingerprint density at radius 1 is 1.05 bits per heavy atom. The lowest BCUT2D eigenvalue weighted by Crippen LogP contribution is -2.29. The lowest BCUT2D eigenvalue weighted by molar-refractivity contribution is 0.0640. The summed E-state index contributed by atoms with van der Waals surface area (Å²) in [4.78, 5) is 36.9. The molecular weight excluding hydrogens is 282 g/mol. The van der Waals surface area contributed by atoms with Crippen LogP contribution in [0.25, 0.3) is 0 Å². The van der Waals surface area contributed by atoms with Gasteiger partial charge in [-0.2, -0.15) is 0 Å². The standard InChI is InChI=1S/C17H13NO4/c1-10-4-2-3-5-12(10)9-18-15(19)13-7-6-11(17(21)22)8-14(13)16(18)20/h2-8H,9H2,1H3,(H,21,22). The third-order valence-electron chi connectivity index (χ3n) is 3.81. The molecule has 0 bridgehead atoms. The maximum Gasteiger partial charge on any atom is 0.335 e. The molecule has 0 atom stereocenters. The Bertz CT molecular complexity index is 810. The van der Waals surface area contributed by atoms with Crippen LogP contribution in [-0.4, -0.2) is 27.8 Å². The molecule has 110 valence electrons. The van der Waals surface area contributed by atoms with E-state index in [0.29, 0.717) is 0 Å². The van der Waals surface area contributed by atoms with Crippen LogP contribution in [0.4, 0.5) is 0 Å². The van der Waals surface area contributed by atoms with Crippen LogP contribution in [0.15, 0.2) is 42.5 Å². The average molecular weight is 295 g/mol. The number of rotatable bonds is 3. The lowest BCUT2D eigenvalue weighted by atomic mass is 10.1. The highest BCUT2D eigenvalue weighted by molar-refractivity contribution is 6.21. The molecule has 5 heteroatoms. The highest BCUT2D eigenvalue weighted by Crippen LogP contribution is 2.26. The number of carbonyl (C=O) groups is 3. The first-order chi connectivity index (χ1) is 10.5. The molecule has 0 saturated heterocycles.